The third-order valence-corrected chi connectivity index (χ3v) is 4.80. The van der Waals surface area contributed by atoms with Gasteiger partial charge in [0.1, 0.15) is 6.33 Å². The fourth-order valence-corrected chi connectivity index (χ4v) is 3.22. The van der Waals surface area contributed by atoms with Crippen LogP contribution in [0.15, 0.2) is 54.9 Å². The van der Waals surface area contributed by atoms with Crippen LogP contribution in [0.25, 0.3) is 5.69 Å². The summed E-state index contributed by atoms with van der Waals surface area (Å²) >= 11 is 0. The Balaban J connectivity index is 1.51. The monoisotopic (exact) mass is 387 g/mol. The first kappa shape index (κ1) is 18.5. The number of rotatable bonds is 5. The molecule has 0 aliphatic carbocycles. The number of carbonyl (C=O) groups is 1. The van der Waals surface area contributed by atoms with Gasteiger partial charge in [0.05, 0.1) is 23.5 Å². The normalized spacial score (nSPS) is 10.9. The predicted molar refractivity (Wildman–Crippen MR) is 109 cm³/mol. The highest BCUT2D eigenvalue weighted by Gasteiger charge is 2.19. The van der Waals surface area contributed by atoms with Crippen molar-refractivity contribution in [3.05, 3.63) is 82.9 Å². The first-order chi connectivity index (χ1) is 14.0. The minimum atomic E-state index is -0.176. The molecule has 8 heteroatoms. The molecule has 29 heavy (non-hydrogen) atoms. The quantitative estimate of drug-likeness (QED) is 0.568. The van der Waals surface area contributed by atoms with Crippen LogP contribution in [0.4, 0.5) is 5.69 Å². The maximum atomic E-state index is 12.9. The average Bonchev–Trinajstić information content (AvgIpc) is 3.33. The topological polar surface area (TPSA) is 90.5 Å². The van der Waals surface area contributed by atoms with E-state index in [1.807, 2.05) is 42.8 Å². The van der Waals surface area contributed by atoms with Crippen LogP contribution in [0.5, 0.6) is 0 Å². The van der Waals surface area contributed by atoms with E-state index in [1.54, 1.807) is 4.68 Å². The SMILES string of the molecule is Cc1ccc(Cn2nc(C)c(C(=O)Nc3ccc(-n4cnnn4)cc3)c2C)cc1. The van der Waals surface area contributed by atoms with Crippen molar-refractivity contribution in [2.75, 3.05) is 5.32 Å². The number of hydrogen-bond donors (Lipinski definition) is 1. The molecule has 0 saturated carbocycles. The van der Waals surface area contributed by atoms with Gasteiger partial charge >= 0.3 is 0 Å². The third-order valence-electron chi connectivity index (χ3n) is 4.80. The van der Waals surface area contributed by atoms with Crippen molar-refractivity contribution in [2.45, 2.75) is 27.3 Å². The van der Waals surface area contributed by atoms with Crippen LogP contribution in [0.2, 0.25) is 0 Å². The Morgan fingerprint density at radius 2 is 1.72 bits per heavy atom. The van der Waals surface area contributed by atoms with Crippen molar-refractivity contribution in [2.24, 2.45) is 0 Å². The molecule has 0 saturated heterocycles. The highest BCUT2D eigenvalue weighted by atomic mass is 16.1. The second-order valence-electron chi connectivity index (χ2n) is 6.94. The summed E-state index contributed by atoms with van der Waals surface area (Å²) in [5.41, 5.74) is 6.01. The molecule has 2 aromatic heterocycles. The lowest BCUT2D eigenvalue weighted by Gasteiger charge is -2.08. The van der Waals surface area contributed by atoms with Gasteiger partial charge < -0.3 is 5.32 Å². The molecule has 1 N–H and O–H groups in total. The number of amides is 1. The highest BCUT2D eigenvalue weighted by molar-refractivity contribution is 6.05. The van der Waals surface area contributed by atoms with E-state index in [0.717, 1.165) is 16.9 Å². The molecule has 0 radical (unpaired) electrons. The Bertz CT molecular complexity index is 1130. The molecule has 8 nitrogen and oxygen atoms in total. The van der Waals surface area contributed by atoms with Crippen molar-refractivity contribution in [1.82, 2.24) is 30.0 Å². The highest BCUT2D eigenvalue weighted by Crippen LogP contribution is 2.18. The van der Waals surface area contributed by atoms with Crippen molar-refractivity contribution in [3.63, 3.8) is 0 Å². The summed E-state index contributed by atoms with van der Waals surface area (Å²) in [5.74, 6) is -0.176. The Morgan fingerprint density at radius 1 is 1.00 bits per heavy atom. The number of benzene rings is 2. The van der Waals surface area contributed by atoms with E-state index < -0.39 is 0 Å². The molecule has 0 bridgehead atoms. The minimum Gasteiger partial charge on any atom is -0.322 e. The van der Waals surface area contributed by atoms with Gasteiger partial charge in [0.25, 0.3) is 5.91 Å². The largest absolute Gasteiger partial charge is 0.322 e. The summed E-state index contributed by atoms with van der Waals surface area (Å²) in [7, 11) is 0. The van der Waals surface area contributed by atoms with Gasteiger partial charge in [-0.15, -0.1) is 5.10 Å². The Morgan fingerprint density at radius 3 is 2.38 bits per heavy atom. The molecule has 2 aromatic carbocycles. The van der Waals surface area contributed by atoms with E-state index in [0.29, 0.717) is 23.5 Å². The number of nitrogens with one attached hydrogen (secondary N) is 1. The van der Waals surface area contributed by atoms with Crippen LogP contribution < -0.4 is 5.32 Å². The van der Waals surface area contributed by atoms with E-state index in [4.69, 9.17) is 0 Å². The van der Waals surface area contributed by atoms with Crippen molar-refractivity contribution in [1.29, 1.82) is 0 Å². The number of aryl methyl sites for hydroxylation is 2. The number of hydrogen-bond acceptors (Lipinski definition) is 5. The van der Waals surface area contributed by atoms with Crippen molar-refractivity contribution in [3.8, 4) is 5.69 Å². The van der Waals surface area contributed by atoms with Crippen LogP contribution in [-0.4, -0.2) is 35.9 Å². The Kier molecular flexibility index (Phi) is 4.90. The average molecular weight is 387 g/mol. The lowest BCUT2D eigenvalue weighted by molar-refractivity contribution is 0.102. The van der Waals surface area contributed by atoms with E-state index in [2.05, 4.69) is 57.1 Å². The number of tetrazole rings is 1. The molecule has 0 atom stereocenters. The smallest absolute Gasteiger partial charge is 0.259 e. The lowest BCUT2D eigenvalue weighted by Crippen LogP contribution is -2.14. The lowest BCUT2D eigenvalue weighted by atomic mass is 10.1. The number of aromatic nitrogens is 6. The Hall–Kier alpha value is -3.81. The van der Waals surface area contributed by atoms with Gasteiger partial charge in [0.15, 0.2) is 0 Å². The summed E-state index contributed by atoms with van der Waals surface area (Å²) in [6.45, 7) is 6.46. The van der Waals surface area contributed by atoms with Gasteiger partial charge in [0, 0.05) is 11.4 Å². The summed E-state index contributed by atoms with van der Waals surface area (Å²) in [6.07, 6.45) is 1.52. The molecule has 2 heterocycles. The van der Waals surface area contributed by atoms with E-state index in [1.165, 1.54) is 11.9 Å². The van der Waals surface area contributed by atoms with Gasteiger partial charge in [-0.2, -0.15) is 5.10 Å². The van der Waals surface area contributed by atoms with Crippen LogP contribution in [0.3, 0.4) is 0 Å². The maximum Gasteiger partial charge on any atom is 0.259 e. The van der Waals surface area contributed by atoms with E-state index in [9.17, 15) is 4.79 Å². The zero-order chi connectivity index (χ0) is 20.4. The zero-order valence-electron chi connectivity index (χ0n) is 16.5. The molecule has 0 spiro atoms. The van der Waals surface area contributed by atoms with Gasteiger partial charge in [-0.25, -0.2) is 4.68 Å². The van der Waals surface area contributed by atoms with Gasteiger partial charge in [-0.3, -0.25) is 9.48 Å². The van der Waals surface area contributed by atoms with Crippen LogP contribution in [-0.2, 0) is 6.54 Å². The maximum absolute atomic E-state index is 12.9. The summed E-state index contributed by atoms with van der Waals surface area (Å²) < 4.78 is 3.42. The van der Waals surface area contributed by atoms with Crippen LogP contribution in [0.1, 0.15) is 32.9 Å². The van der Waals surface area contributed by atoms with Crippen molar-refractivity contribution < 1.29 is 4.79 Å². The van der Waals surface area contributed by atoms with Gasteiger partial charge in [-0.1, -0.05) is 29.8 Å². The molecule has 0 fully saturated rings. The second-order valence-corrected chi connectivity index (χ2v) is 6.94. The summed E-state index contributed by atoms with van der Waals surface area (Å²) in [6, 6.07) is 15.6. The fraction of sp³-hybridized carbons (Fsp3) is 0.190. The van der Waals surface area contributed by atoms with E-state index >= 15 is 0 Å². The van der Waals surface area contributed by atoms with Crippen molar-refractivity contribution >= 4 is 11.6 Å². The first-order valence-corrected chi connectivity index (χ1v) is 9.25. The zero-order valence-corrected chi connectivity index (χ0v) is 16.5. The summed E-state index contributed by atoms with van der Waals surface area (Å²) in [5, 5.41) is 18.6. The number of carbonyl (C=O) groups excluding carboxylic acids is 1. The minimum absolute atomic E-state index is 0.176. The molecule has 0 unspecified atom stereocenters. The number of nitrogens with zero attached hydrogens (tertiary/aromatic N) is 6. The molecular weight excluding hydrogens is 366 g/mol. The second kappa shape index (κ2) is 7.67. The van der Waals surface area contributed by atoms with Crippen LogP contribution in [0, 0.1) is 20.8 Å². The molecular formula is C21H21N7O. The molecule has 146 valence electrons. The predicted octanol–water partition coefficient (Wildman–Crippen LogP) is 3.08. The third kappa shape index (κ3) is 3.91. The van der Waals surface area contributed by atoms with E-state index in [-0.39, 0.29) is 5.91 Å². The standard InChI is InChI=1S/C21H21N7O/c1-14-4-6-17(7-5-14)12-27-16(3)20(15(2)24-27)21(29)23-18-8-10-19(11-9-18)28-13-22-25-26-28/h4-11,13H,12H2,1-3H3,(H,23,29). The van der Waals surface area contributed by atoms with Crippen LogP contribution >= 0.6 is 0 Å². The van der Waals surface area contributed by atoms with Gasteiger partial charge in [-0.05, 0) is 61.0 Å². The molecule has 1 amide bonds. The molecule has 0 aliphatic heterocycles. The van der Waals surface area contributed by atoms with Gasteiger partial charge in [0.2, 0.25) is 0 Å². The summed E-state index contributed by atoms with van der Waals surface area (Å²) in [4.78, 5) is 12.9. The fourth-order valence-electron chi connectivity index (χ4n) is 3.22. The molecule has 0 aliphatic rings. The Labute approximate surface area is 168 Å². The molecule has 4 rings (SSSR count). The number of anilines is 1. The molecule has 4 aromatic rings. The first-order valence-electron chi connectivity index (χ1n) is 9.25.